The van der Waals surface area contributed by atoms with E-state index in [2.05, 4.69) is 4.98 Å². The number of pyridine rings is 1. The lowest BCUT2D eigenvalue weighted by Crippen LogP contribution is -2.49. The summed E-state index contributed by atoms with van der Waals surface area (Å²) in [6.45, 7) is 1.56. The number of carbonyl (C=O) groups excluding carboxylic acids is 1. The van der Waals surface area contributed by atoms with Crippen molar-refractivity contribution < 1.29 is 9.53 Å². The zero-order valence-corrected chi connectivity index (χ0v) is 10.6. The predicted octanol–water partition coefficient (Wildman–Crippen LogP) is 0.800. The van der Waals surface area contributed by atoms with Crippen LogP contribution in [0, 0.1) is 5.41 Å². The summed E-state index contributed by atoms with van der Waals surface area (Å²) in [6, 6.07) is 3.69. The molecule has 98 valence electrons. The van der Waals surface area contributed by atoms with Crippen molar-refractivity contribution in [1.82, 2.24) is 4.98 Å². The molecule has 1 aromatic heterocycles. The Morgan fingerprint density at radius 1 is 1.56 bits per heavy atom. The van der Waals surface area contributed by atoms with Crippen LogP contribution in [0.15, 0.2) is 24.5 Å². The van der Waals surface area contributed by atoms with Crippen LogP contribution in [0.1, 0.15) is 12.8 Å². The van der Waals surface area contributed by atoms with Crippen molar-refractivity contribution in [2.75, 3.05) is 31.7 Å². The second-order valence-corrected chi connectivity index (χ2v) is 4.67. The Kier molecular flexibility index (Phi) is 3.93. The molecule has 0 bridgehead atoms. The van der Waals surface area contributed by atoms with Crippen molar-refractivity contribution in [2.24, 2.45) is 11.1 Å². The standard InChI is InChI=1S/C13H19N3O2/c1-16(11-3-2-6-15-9-11)12(17)13(10-14)4-7-18-8-5-13/h2-3,6,9H,4-5,7-8,10,14H2,1H3. The van der Waals surface area contributed by atoms with Gasteiger partial charge in [0.1, 0.15) is 0 Å². The minimum atomic E-state index is -0.483. The summed E-state index contributed by atoms with van der Waals surface area (Å²) in [7, 11) is 1.77. The smallest absolute Gasteiger partial charge is 0.234 e. The zero-order chi connectivity index (χ0) is 13.0. The van der Waals surface area contributed by atoms with Gasteiger partial charge in [0.15, 0.2) is 0 Å². The van der Waals surface area contributed by atoms with Gasteiger partial charge in [0.2, 0.25) is 5.91 Å². The van der Waals surface area contributed by atoms with E-state index in [0.29, 0.717) is 32.6 Å². The van der Waals surface area contributed by atoms with Gasteiger partial charge >= 0.3 is 0 Å². The van der Waals surface area contributed by atoms with Gasteiger partial charge < -0.3 is 15.4 Å². The maximum atomic E-state index is 12.6. The van der Waals surface area contributed by atoms with Crippen LogP contribution in [0.2, 0.25) is 0 Å². The van der Waals surface area contributed by atoms with E-state index in [9.17, 15) is 4.79 Å². The van der Waals surface area contributed by atoms with Crippen molar-refractivity contribution in [3.8, 4) is 0 Å². The number of nitrogens with zero attached hydrogens (tertiary/aromatic N) is 2. The van der Waals surface area contributed by atoms with E-state index in [1.54, 1.807) is 24.3 Å². The topological polar surface area (TPSA) is 68.5 Å². The first-order chi connectivity index (χ1) is 8.69. The molecule has 18 heavy (non-hydrogen) atoms. The van der Waals surface area contributed by atoms with Crippen molar-refractivity contribution >= 4 is 11.6 Å². The molecule has 0 unspecified atom stereocenters. The Balaban J connectivity index is 2.19. The van der Waals surface area contributed by atoms with E-state index < -0.39 is 5.41 Å². The number of amides is 1. The average Bonchev–Trinajstić information content (AvgIpc) is 2.47. The molecule has 0 radical (unpaired) electrons. The molecule has 2 heterocycles. The Morgan fingerprint density at radius 3 is 2.83 bits per heavy atom. The van der Waals surface area contributed by atoms with Crippen molar-refractivity contribution in [3.63, 3.8) is 0 Å². The number of anilines is 1. The Morgan fingerprint density at radius 2 is 2.28 bits per heavy atom. The minimum absolute atomic E-state index is 0.0568. The highest BCUT2D eigenvalue weighted by molar-refractivity contribution is 5.97. The monoisotopic (exact) mass is 249 g/mol. The number of hydrogen-bond acceptors (Lipinski definition) is 4. The van der Waals surface area contributed by atoms with Crippen LogP contribution in [0.25, 0.3) is 0 Å². The molecular formula is C13H19N3O2. The van der Waals surface area contributed by atoms with Crippen LogP contribution in [-0.2, 0) is 9.53 Å². The molecule has 1 fully saturated rings. The number of aromatic nitrogens is 1. The quantitative estimate of drug-likeness (QED) is 0.860. The molecule has 5 nitrogen and oxygen atoms in total. The first-order valence-corrected chi connectivity index (χ1v) is 6.16. The van der Waals surface area contributed by atoms with Crippen molar-refractivity contribution in [3.05, 3.63) is 24.5 Å². The maximum absolute atomic E-state index is 12.6. The molecule has 1 aromatic rings. The highest BCUT2D eigenvalue weighted by Gasteiger charge is 2.40. The number of nitrogens with two attached hydrogens (primary N) is 1. The Hall–Kier alpha value is -1.46. The van der Waals surface area contributed by atoms with E-state index in [1.165, 1.54) is 0 Å². The van der Waals surface area contributed by atoms with Crippen LogP contribution < -0.4 is 10.6 Å². The van der Waals surface area contributed by atoms with E-state index >= 15 is 0 Å². The third kappa shape index (κ3) is 2.37. The third-order valence-electron chi connectivity index (χ3n) is 3.63. The maximum Gasteiger partial charge on any atom is 0.234 e. The lowest BCUT2D eigenvalue weighted by molar-refractivity contribution is -0.132. The van der Waals surface area contributed by atoms with E-state index in [4.69, 9.17) is 10.5 Å². The molecule has 2 rings (SSSR count). The SMILES string of the molecule is CN(C(=O)C1(CN)CCOCC1)c1cccnc1. The third-order valence-corrected chi connectivity index (χ3v) is 3.63. The van der Waals surface area contributed by atoms with Crippen LogP contribution in [-0.4, -0.2) is 37.7 Å². The van der Waals surface area contributed by atoms with Gasteiger partial charge in [-0.25, -0.2) is 0 Å². The van der Waals surface area contributed by atoms with E-state index in [1.807, 2.05) is 12.1 Å². The zero-order valence-electron chi connectivity index (χ0n) is 10.6. The van der Waals surface area contributed by atoms with Gasteiger partial charge in [-0.1, -0.05) is 0 Å². The Labute approximate surface area is 107 Å². The first-order valence-electron chi connectivity index (χ1n) is 6.16. The fraction of sp³-hybridized carbons (Fsp3) is 0.538. The van der Waals surface area contributed by atoms with Crippen molar-refractivity contribution in [2.45, 2.75) is 12.8 Å². The molecule has 0 saturated carbocycles. The highest BCUT2D eigenvalue weighted by atomic mass is 16.5. The molecule has 0 spiro atoms. The van der Waals surface area contributed by atoms with Crippen LogP contribution in [0.3, 0.4) is 0 Å². The lowest BCUT2D eigenvalue weighted by atomic mass is 9.79. The van der Waals surface area contributed by atoms with Gasteiger partial charge in [-0.3, -0.25) is 9.78 Å². The van der Waals surface area contributed by atoms with Gasteiger partial charge in [0, 0.05) is 33.0 Å². The normalized spacial score (nSPS) is 18.3. The number of ether oxygens (including phenoxy) is 1. The average molecular weight is 249 g/mol. The number of hydrogen-bond donors (Lipinski definition) is 1. The molecule has 1 saturated heterocycles. The van der Waals surface area contributed by atoms with Gasteiger partial charge in [-0.15, -0.1) is 0 Å². The van der Waals surface area contributed by atoms with Gasteiger partial charge in [-0.05, 0) is 25.0 Å². The molecule has 1 aliphatic rings. The summed E-state index contributed by atoms with van der Waals surface area (Å²) >= 11 is 0. The molecular weight excluding hydrogens is 230 g/mol. The fourth-order valence-electron chi connectivity index (χ4n) is 2.29. The lowest BCUT2D eigenvalue weighted by Gasteiger charge is -2.37. The summed E-state index contributed by atoms with van der Waals surface area (Å²) in [5, 5.41) is 0. The summed E-state index contributed by atoms with van der Waals surface area (Å²) in [4.78, 5) is 18.3. The molecule has 0 aliphatic carbocycles. The van der Waals surface area contributed by atoms with E-state index in [-0.39, 0.29) is 5.91 Å². The van der Waals surface area contributed by atoms with Gasteiger partial charge in [0.25, 0.3) is 0 Å². The molecule has 1 amide bonds. The highest BCUT2D eigenvalue weighted by Crippen LogP contribution is 2.32. The Bertz CT molecular complexity index is 402. The molecule has 2 N–H and O–H groups in total. The second-order valence-electron chi connectivity index (χ2n) is 4.67. The van der Waals surface area contributed by atoms with Crippen LogP contribution in [0.4, 0.5) is 5.69 Å². The second kappa shape index (κ2) is 5.46. The largest absolute Gasteiger partial charge is 0.381 e. The summed E-state index contributed by atoms with van der Waals surface area (Å²) in [6.07, 6.45) is 4.75. The van der Waals surface area contributed by atoms with Gasteiger partial charge in [0.05, 0.1) is 17.3 Å². The predicted molar refractivity (Wildman–Crippen MR) is 69.2 cm³/mol. The molecule has 0 atom stereocenters. The van der Waals surface area contributed by atoms with Crippen LogP contribution in [0.5, 0.6) is 0 Å². The molecule has 0 aromatic carbocycles. The fourth-order valence-corrected chi connectivity index (χ4v) is 2.29. The summed E-state index contributed by atoms with van der Waals surface area (Å²) in [5.41, 5.74) is 6.15. The van der Waals surface area contributed by atoms with Crippen molar-refractivity contribution in [1.29, 1.82) is 0 Å². The summed E-state index contributed by atoms with van der Waals surface area (Å²) < 4.78 is 5.32. The van der Waals surface area contributed by atoms with E-state index in [0.717, 1.165) is 5.69 Å². The summed E-state index contributed by atoms with van der Waals surface area (Å²) in [5.74, 6) is 0.0568. The minimum Gasteiger partial charge on any atom is -0.381 e. The van der Waals surface area contributed by atoms with Gasteiger partial charge in [-0.2, -0.15) is 0 Å². The molecule has 1 aliphatic heterocycles. The number of rotatable bonds is 3. The van der Waals surface area contributed by atoms with Crippen LogP contribution >= 0.6 is 0 Å². The first kappa shape index (κ1) is 13.0. The number of carbonyl (C=O) groups is 1. The molecule has 5 heteroatoms.